The highest BCUT2D eigenvalue weighted by Gasteiger charge is 2.12. The highest BCUT2D eigenvalue weighted by atomic mass is 35.5. The van der Waals surface area contributed by atoms with E-state index in [1.165, 1.54) is 0 Å². The number of aromatic nitrogens is 4. The van der Waals surface area contributed by atoms with Crippen molar-refractivity contribution >= 4 is 23.2 Å². The summed E-state index contributed by atoms with van der Waals surface area (Å²) in [5.74, 6) is -0.249. The van der Waals surface area contributed by atoms with Crippen molar-refractivity contribution in [3.63, 3.8) is 0 Å². The molecule has 0 aliphatic heterocycles. The summed E-state index contributed by atoms with van der Waals surface area (Å²) < 4.78 is 3.40. The first-order chi connectivity index (χ1) is 11.0. The molecule has 0 aliphatic carbocycles. The van der Waals surface area contributed by atoms with Crippen molar-refractivity contribution in [3.05, 3.63) is 64.7 Å². The summed E-state index contributed by atoms with van der Waals surface area (Å²) in [5.41, 5.74) is 2.73. The molecule has 23 heavy (non-hydrogen) atoms. The van der Waals surface area contributed by atoms with Crippen LogP contribution >= 0.6 is 11.6 Å². The standard InChI is InChI=1S/C16H16ClN5O/c1-11-15(17)12(2)22(19-11)10-21-9-8-14(20-21)16(23)18-13-6-4-3-5-7-13/h3-9H,10H2,1-2H3,(H,18,23). The Bertz CT molecular complexity index is 838. The maximum Gasteiger partial charge on any atom is 0.276 e. The third-order valence-electron chi connectivity index (χ3n) is 3.48. The van der Waals surface area contributed by atoms with Crippen LogP contribution in [0, 0.1) is 13.8 Å². The fourth-order valence-electron chi connectivity index (χ4n) is 2.23. The molecular formula is C16H16ClN5O. The van der Waals surface area contributed by atoms with E-state index in [1.54, 1.807) is 21.6 Å². The third-order valence-corrected chi connectivity index (χ3v) is 4.02. The van der Waals surface area contributed by atoms with Gasteiger partial charge in [-0.15, -0.1) is 0 Å². The highest BCUT2D eigenvalue weighted by molar-refractivity contribution is 6.31. The number of hydrogen-bond acceptors (Lipinski definition) is 3. The second kappa shape index (κ2) is 6.26. The van der Waals surface area contributed by atoms with Crippen molar-refractivity contribution in [2.45, 2.75) is 20.5 Å². The Balaban J connectivity index is 1.72. The monoisotopic (exact) mass is 329 g/mol. The average Bonchev–Trinajstić information content (AvgIpc) is 3.10. The predicted molar refractivity (Wildman–Crippen MR) is 88.7 cm³/mol. The van der Waals surface area contributed by atoms with Gasteiger partial charge in [0.15, 0.2) is 5.69 Å². The van der Waals surface area contributed by atoms with E-state index in [4.69, 9.17) is 11.6 Å². The molecule has 0 aliphatic rings. The van der Waals surface area contributed by atoms with Crippen molar-refractivity contribution in [1.82, 2.24) is 19.6 Å². The van der Waals surface area contributed by atoms with Crippen LogP contribution in [0.3, 0.4) is 0 Å². The number of amides is 1. The number of hydrogen-bond donors (Lipinski definition) is 1. The SMILES string of the molecule is Cc1nn(Cn2ccc(C(=O)Nc3ccccc3)n2)c(C)c1Cl. The minimum atomic E-state index is -0.249. The Morgan fingerprint density at radius 3 is 2.57 bits per heavy atom. The zero-order valence-electron chi connectivity index (χ0n) is 12.8. The lowest BCUT2D eigenvalue weighted by molar-refractivity contribution is 0.102. The Morgan fingerprint density at radius 2 is 1.91 bits per heavy atom. The molecule has 0 saturated heterocycles. The van der Waals surface area contributed by atoms with Gasteiger partial charge in [-0.1, -0.05) is 29.8 Å². The van der Waals surface area contributed by atoms with Crippen molar-refractivity contribution in [2.24, 2.45) is 0 Å². The molecular weight excluding hydrogens is 314 g/mol. The van der Waals surface area contributed by atoms with E-state index in [9.17, 15) is 4.79 Å². The van der Waals surface area contributed by atoms with Gasteiger partial charge in [-0.25, -0.2) is 4.68 Å². The molecule has 1 aromatic carbocycles. The number of carbonyl (C=O) groups excluding carboxylic acids is 1. The Morgan fingerprint density at radius 1 is 1.17 bits per heavy atom. The first-order valence-corrected chi connectivity index (χ1v) is 7.52. The molecule has 3 aromatic rings. The molecule has 0 atom stereocenters. The topological polar surface area (TPSA) is 64.7 Å². The fraction of sp³-hybridized carbons (Fsp3) is 0.188. The van der Waals surface area contributed by atoms with E-state index < -0.39 is 0 Å². The second-order valence-corrected chi connectivity index (χ2v) is 5.56. The lowest BCUT2D eigenvalue weighted by Crippen LogP contribution is -2.15. The summed E-state index contributed by atoms with van der Waals surface area (Å²) in [5, 5.41) is 12.1. The summed E-state index contributed by atoms with van der Waals surface area (Å²) in [6.07, 6.45) is 1.74. The summed E-state index contributed by atoms with van der Waals surface area (Å²) >= 11 is 6.13. The first-order valence-electron chi connectivity index (χ1n) is 7.14. The van der Waals surface area contributed by atoms with Gasteiger partial charge in [0, 0.05) is 11.9 Å². The van der Waals surface area contributed by atoms with Crippen LogP contribution in [-0.2, 0) is 6.67 Å². The van der Waals surface area contributed by atoms with Gasteiger partial charge in [0.25, 0.3) is 5.91 Å². The number of rotatable bonds is 4. The van der Waals surface area contributed by atoms with Crippen LogP contribution in [0.25, 0.3) is 0 Å². The van der Waals surface area contributed by atoms with Crippen LogP contribution in [0.1, 0.15) is 21.9 Å². The van der Waals surface area contributed by atoms with Crippen molar-refractivity contribution in [1.29, 1.82) is 0 Å². The van der Waals surface area contributed by atoms with Crippen LogP contribution in [-0.4, -0.2) is 25.5 Å². The van der Waals surface area contributed by atoms with Crippen LogP contribution < -0.4 is 5.32 Å². The lowest BCUT2D eigenvalue weighted by atomic mass is 10.3. The highest BCUT2D eigenvalue weighted by Crippen LogP contribution is 2.18. The second-order valence-electron chi connectivity index (χ2n) is 5.19. The maximum atomic E-state index is 12.2. The predicted octanol–water partition coefficient (Wildman–Crippen LogP) is 3.11. The van der Waals surface area contributed by atoms with Crippen molar-refractivity contribution in [3.8, 4) is 0 Å². The number of benzene rings is 1. The van der Waals surface area contributed by atoms with Crippen LogP contribution in [0.4, 0.5) is 5.69 Å². The van der Waals surface area contributed by atoms with Gasteiger partial charge in [0.2, 0.25) is 0 Å². The van der Waals surface area contributed by atoms with E-state index in [1.807, 2.05) is 44.2 Å². The van der Waals surface area contributed by atoms with Gasteiger partial charge in [-0.3, -0.25) is 9.48 Å². The summed E-state index contributed by atoms with van der Waals surface area (Å²) in [7, 11) is 0. The summed E-state index contributed by atoms with van der Waals surface area (Å²) in [4.78, 5) is 12.2. The number of carbonyl (C=O) groups is 1. The number of nitrogens with zero attached hydrogens (tertiary/aromatic N) is 4. The zero-order valence-corrected chi connectivity index (χ0v) is 13.6. The van der Waals surface area contributed by atoms with E-state index in [-0.39, 0.29) is 5.91 Å². The van der Waals surface area contributed by atoms with E-state index in [0.29, 0.717) is 17.4 Å². The number of anilines is 1. The van der Waals surface area contributed by atoms with Crippen LogP contribution in [0.2, 0.25) is 5.02 Å². The van der Waals surface area contributed by atoms with Gasteiger partial charge in [0.05, 0.1) is 16.4 Å². The maximum absolute atomic E-state index is 12.2. The zero-order chi connectivity index (χ0) is 16.4. The normalized spacial score (nSPS) is 10.7. The van der Waals surface area contributed by atoms with Gasteiger partial charge in [-0.05, 0) is 32.0 Å². The van der Waals surface area contributed by atoms with Gasteiger partial charge in [0.1, 0.15) is 6.67 Å². The smallest absolute Gasteiger partial charge is 0.276 e. The van der Waals surface area contributed by atoms with Crippen molar-refractivity contribution in [2.75, 3.05) is 5.32 Å². The van der Waals surface area contributed by atoms with Gasteiger partial charge in [-0.2, -0.15) is 10.2 Å². The molecule has 0 saturated carbocycles. The Hall–Kier alpha value is -2.60. The van der Waals surface area contributed by atoms with E-state index in [2.05, 4.69) is 15.5 Å². The molecule has 1 amide bonds. The van der Waals surface area contributed by atoms with Crippen LogP contribution in [0.15, 0.2) is 42.6 Å². The number of nitrogens with one attached hydrogen (secondary N) is 1. The quantitative estimate of drug-likeness (QED) is 0.800. The number of halogens is 1. The van der Waals surface area contributed by atoms with Gasteiger partial charge < -0.3 is 5.32 Å². The molecule has 0 spiro atoms. The minimum absolute atomic E-state index is 0.249. The van der Waals surface area contributed by atoms with E-state index >= 15 is 0 Å². The molecule has 0 radical (unpaired) electrons. The molecule has 6 nitrogen and oxygen atoms in total. The Labute approximate surface area is 138 Å². The first kappa shape index (κ1) is 15.3. The largest absolute Gasteiger partial charge is 0.321 e. The average molecular weight is 330 g/mol. The van der Waals surface area contributed by atoms with Gasteiger partial charge >= 0.3 is 0 Å². The molecule has 1 N–H and O–H groups in total. The minimum Gasteiger partial charge on any atom is -0.321 e. The molecule has 7 heteroatoms. The number of aryl methyl sites for hydroxylation is 1. The molecule has 3 rings (SSSR count). The molecule has 118 valence electrons. The molecule has 2 heterocycles. The molecule has 2 aromatic heterocycles. The molecule has 0 fully saturated rings. The fourth-order valence-corrected chi connectivity index (χ4v) is 2.36. The van der Waals surface area contributed by atoms with E-state index in [0.717, 1.165) is 17.1 Å². The lowest BCUT2D eigenvalue weighted by Gasteiger charge is -2.05. The third kappa shape index (κ3) is 3.27. The van der Waals surface area contributed by atoms with Crippen molar-refractivity contribution < 1.29 is 4.79 Å². The summed E-state index contributed by atoms with van der Waals surface area (Å²) in [6, 6.07) is 10.9. The molecule has 0 bridgehead atoms. The number of para-hydroxylation sites is 1. The summed E-state index contributed by atoms with van der Waals surface area (Å²) in [6.45, 7) is 4.15. The van der Waals surface area contributed by atoms with Crippen LogP contribution in [0.5, 0.6) is 0 Å². The molecule has 0 unspecified atom stereocenters. The Kier molecular flexibility index (Phi) is 4.16.